The Kier molecular flexibility index (Phi) is 6.68. The Morgan fingerprint density at radius 1 is 1.04 bits per heavy atom. The summed E-state index contributed by atoms with van der Waals surface area (Å²) < 4.78 is 27.4. The van der Waals surface area contributed by atoms with Crippen LogP contribution in [0, 0.1) is 13.8 Å². The normalized spacial score (nSPS) is 11.5. The lowest BCUT2D eigenvalue weighted by Crippen LogP contribution is -2.29. The molecule has 0 bridgehead atoms. The number of hydrogen-bond acceptors (Lipinski definition) is 6. The molecule has 10 heteroatoms. The molecule has 0 saturated carbocycles. The van der Waals surface area contributed by atoms with E-state index in [2.05, 4.69) is 20.0 Å². The second kappa shape index (κ2) is 8.39. The van der Waals surface area contributed by atoms with Crippen LogP contribution in [0.25, 0.3) is 0 Å². The van der Waals surface area contributed by atoms with Gasteiger partial charge in [-0.15, -0.1) is 0 Å². The second-order valence-electron chi connectivity index (χ2n) is 5.91. The zero-order chi connectivity index (χ0) is 19.5. The van der Waals surface area contributed by atoms with Crippen molar-refractivity contribution in [1.82, 2.24) is 14.7 Å². The van der Waals surface area contributed by atoms with Crippen molar-refractivity contribution in [3.05, 3.63) is 39.6 Å². The molecule has 2 aromatic rings. The van der Waals surface area contributed by atoms with Gasteiger partial charge in [-0.2, -0.15) is 0 Å². The fraction of sp³-hybridized carbons (Fsp3) is 0.375. The smallest absolute Gasteiger partial charge is 0.242 e. The van der Waals surface area contributed by atoms with Crippen LogP contribution < -0.4 is 14.9 Å². The van der Waals surface area contributed by atoms with Gasteiger partial charge in [-0.05, 0) is 31.5 Å². The number of sulfonamides is 1. The van der Waals surface area contributed by atoms with Crippen LogP contribution in [0.1, 0.15) is 11.4 Å². The van der Waals surface area contributed by atoms with Gasteiger partial charge in [0.1, 0.15) is 22.4 Å². The molecule has 7 nitrogen and oxygen atoms in total. The lowest BCUT2D eigenvalue weighted by Gasteiger charge is -2.14. The fourth-order valence-electron chi connectivity index (χ4n) is 2.16. The van der Waals surface area contributed by atoms with Gasteiger partial charge >= 0.3 is 0 Å². The maximum absolute atomic E-state index is 12.4. The highest BCUT2D eigenvalue weighted by molar-refractivity contribution is 7.89. The lowest BCUT2D eigenvalue weighted by atomic mass is 10.2. The Hall–Kier alpha value is -1.61. The van der Waals surface area contributed by atoms with Gasteiger partial charge in [-0.1, -0.05) is 23.2 Å². The number of benzene rings is 1. The van der Waals surface area contributed by atoms with E-state index in [1.54, 1.807) is 19.9 Å². The third-order valence-corrected chi connectivity index (χ3v) is 5.84. The molecule has 0 radical (unpaired) electrons. The quantitative estimate of drug-likeness (QED) is 0.673. The summed E-state index contributed by atoms with van der Waals surface area (Å²) in [6.45, 7) is 4.04. The highest BCUT2D eigenvalue weighted by atomic mass is 35.5. The second-order valence-corrected chi connectivity index (χ2v) is 8.46. The summed E-state index contributed by atoms with van der Waals surface area (Å²) in [4.78, 5) is 10.5. The summed E-state index contributed by atoms with van der Waals surface area (Å²) in [7, 11) is 0.0369. The molecule has 0 fully saturated rings. The number of halogens is 2. The Morgan fingerprint density at radius 3 is 2.38 bits per heavy atom. The van der Waals surface area contributed by atoms with Crippen molar-refractivity contribution in [3.8, 4) is 0 Å². The lowest BCUT2D eigenvalue weighted by molar-refractivity contribution is 0.583. The first kappa shape index (κ1) is 20.7. The fourth-order valence-corrected chi connectivity index (χ4v) is 4.02. The first-order valence-corrected chi connectivity index (χ1v) is 10.1. The van der Waals surface area contributed by atoms with E-state index in [-0.39, 0.29) is 16.5 Å². The zero-order valence-corrected chi connectivity index (χ0v) is 17.3. The van der Waals surface area contributed by atoms with Crippen LogP contribution in [0.5, 0.6) is 0 Å². The van der Waals surface area contributed by atoms with Crippen molar-refractivity contribution in [3.63, 3.8) is 0 Å². The topological polar surface area (TPSA) is 87.2 Å². The number of aromatic nitrogens is 2. The molecule has 2 N–H and O–H groups in total. The highest BCUT2D eigenvalue weighted by Crippen LogP contribution is 2.27. The molecule has 0 aliphatic rings. The van der Waals surface area contributed by atoms with Crippen molar-refractivity contribution in [1.29, 1.82) is 0 Å². The van der Waals surface area contributed by atoms with Gasteiger partial charge in [0.2, 0.25) is 10.0 Å². The summed E-state index contributed by atoms with van der Waals surface area (Å²) in [5, 5.41) is 3.59. The maximum Gasteiger partial charge on any atom is 0.242 e. The van der Waals surface area contributed by atoms with E-state index in [0.29, 0.717) is 28.8 Å². The number of aryl methyl sites for hydroxylation is 2. The standard InChI is InChI=1S/C16H21Cl2N5O2S/c1-10-7-14(13(18)8-12(10)17)26(24,25)20-6-5-19-15-9-16(23(3)4)22-11(2)21-15/h7-9,20H,5-6H2,1-4H3,(H,19,21,22). The molecule has 26 heavy (non-hydrogen) atoms. The average Bonchev–Trinajstić information content (AvgIpc) is 2.54. The number of nitrogens with one attached hydrogen (secondary N) is 2. The van der Waals surface area contributed by atoms with Crippen LogP contribution in [-0.2, 0) is 10.0 Å². The first-order valence-electron chi connectivity index (χ1n) is 7.82. The van der Waals surface area contributed by atoms with E-state index >= 15 is 0 Å². The van der Waals surface area contributed by atoms with Gasteiger partial charge in [-0.3, -0.25) is 0 Å². The van der Waals surface area contributed by atoms with Crippen LogP contribution in [0.2, 0.25) is 10.0 Å². The van der Waals surface area contributed by atoms with Crippen molar-refractivity contribution < 1.29 is 8.42 Å². The Balaban J connectivity index is 2.01. The average molecular weight is 418 g/mol. The highest BCUT2D eigenvalue weighted by Gasteiger charge is 2.18. The molecule has 0 spiro atoms. The molecule has 0 aliphatic heterocycles. The van der Waals surface area contributed by atoms with Crippen LogP contribution in [0.3, 0.4) is 0 Å². The molecule has 142 valence electrons. The summed E-state index contributed by atoms with van der Waals surface area (Å²) >= 11 is 12.0. The minimum absolute atomic E-state index is 0.00819. The zero-order valence-electron chi connectivity index (χ0n) is 15.0. The first-order chi connectivity index (χ1) is 12.1. The van der Waals surface area contributed by atoms with Gasteiger partial charge in [0.05, 0.1) is 5.02 Å². The minimum atomic E-state index is -3.74. The summed E-state index contributed by atoms with van der Waals surface area (Å²) in [5.41, 5.74) is 0.641. The molecule has 1 aromatic heterocycles. The molecule has 1 aromatic carbocycles. The Bertz CT molecular complexity index is 904. The number of hydrogen-bond donors (Lipinski definition) is 2. The van der Waals surface area contributed by atoms with Gasteiger partial charge in [0.25, 0.3) is 0 Å². The van der Waals surface area contributed by atoms with Crippen molar-refractivity contribution in [2.75, 3.05) is 37.4 Å². The van der Waals surface area contributed by atoms with E-state index < -0.39 is 10.0 Å². The Morgan fingerprint density at radius 2 is 1.73 bits per heavy atom. The van der Waals surface area contributed by atoms with E-state index in [1.807, 2.05) is 19.0 Å². The van der Waals surface area contributed by atoms with E-state index in [1.165, 1.54) is 12.1 Å². The van der Waals surface area contributed by atoms with Gasteiger partial charge in [-0.25, -0.2) is 23.1 Å². The van der Waals surface area contributed by atoms with Gasteiger partial charge < -0.3 is 10.2 Å². The predicted molar refractivity (Wildman–Crippen MR) is 106 cm³/mol. The van der Waals surface area contributed by atoms with Crippen molar-refractivity contribution in [2.24, 2.45) is 0 Å². The van der Waals surface area contributed by atoms with E-state index in [4.69, 9.17) is 23.2 Å². The third kappa shape index (κ3) is 5.20. The van der Waals surface area contributed by atoms with Crippen molar-refractivity contribution in [2.45, 2.75) is 18.7 Å². The number of anilines is 2. The van der Waals surface area contributed by atoms with E-state index in [0.717, 1.165) is 5.82 Å². The van der Waals surface area contributed by atoms with Crippen LogP contribution in [-0.4, -0.2) is 45.6 Å². The molecule has 0 atom stereocenters. The molecule has 0 unspecified atom stereocenters. The summed E-state index contributed by atoms with van der Waals surface area (Å²) in [6.07, 6.45) is 0. The summed E-state index contributed by atoms with van der Waals surface area (Å²) in [6, 6.07) is 4.68. The number of rotatable bonds is 7. The summed E-state index contributed by atoms with van der Waals surface area (Å²) in [5.74, 6) is 2.02. The molecular formula is C16H21Cl2N5O2S. The maximum atomic E-state index is 12.4. The third-order valence-electron chi connectivity index (χ3n) is 3.51. The number of nitrogens with zero attached hydrogens (tertiary/aromatic N) is 3. The molecule has 0 amide bonds. The van der Waals surface area contributed by atoms with Crippen molar-refractivity contribution >= 4 is 44.9 Å². The van der Waals surface area contributed by atoms with Gasteiger partial charge in [0, 0.05) is 38.3 Å². The predicted octanol–water partition coefficient (Wildman–Crippen LogP) is 2.86. The van der Waals surface area contributed by atoms with E-state index in [9.17, 15) is 8.42 Å². The molecular weight excluding hydrogens is 397 g/mol. The Labute approximate surface area is 163 Å². The molecule has 2 rings (SSSR count). The van der Waals surface area contributed by atoms with Crippen LogP contribution in [0.4, 0.5) is 11.6 Å². The monoisotopic (exact) mass is 417 g/mol. The van der Waals surface area contributed by atoms with Crippen LogP contribution in [0.15, 0.2) is 23.1 Å². The minimum Gasteiger partial charge on any atom is -0.369 e. The SMILES string of the molecule is Cc1nc(NCCNS(=O)(=O)c2cc(C)c(Cl)cc2Cl)cc(N(C)C)n1. The molecule has 0 saturated heterocycles. The van der Waals surface area contributed by atoms with Crippen LogP contribution >= 0.6 is 23.2 Å². The largest absolute Gasteiger partial charge is 0.369 e. The molecule has 1 heterocycles. The molecule has 0 aliphatic carbocycles. The van der Waals surface area contributed by atoms with Gasteiger partial charge in [0.15, 0.2) is 0 Å².